The zero-order valence-corrected chi connectivity index (χ0v) is 12.9. The van der Waals surface area contributed by atoms with Gasteiger partial charge < -0.3 is 10.6 Å². The van der Waals surface area contributed by atoms with Gasteiger partial charge in [-0.15, -0.1) is 0 Å². The fourth-order valence-corrected chi connectivity index (χ4v) is 3.10. The monoisotopic (exact) mass is 297 g/mol. The van der Waals surface area contributed by atoms with Crippen molar-refractivity contribution in [2.75, 3.05) is 23.7 Å². The second kappa shape index (κ2) is 7.57. The molecule has 1 aliphatic carbocycles. The van der Waals surface area contributed by atoms with Crippen molar-refractivity contribution in [3.8, 4) is 0 Å². The second-order valence-electron chi connectivity index (χ2n) is 6.03. The third-order valence-electron chi connectivity index (χ3n) is 4.16. The minimum Gasteiger partial charge on any atom is -0.368 e. The quantitative estimate of drug-likeness (QED) is 0.816. The van der Waals surface area contributed by atoms with Crippen molar-refractivity contribution >= 4 is 11.6 Å². The van der Waals surface area contributed by atoms with Gasteiger partial charge in [0.2, 0.25) is 0 Å². The van der Waals surface area contributed by atoms with E-state index in [1.165, 1.54) is 25.7 Å². The standard InChI is InChI=1S/C16H25F2N3/c1-3-19-15-13(17)10-14(18)16(21-15)20-8-7-12-6-4-5-11(2)9-12/h10-12H,3-9H2,1-2H3,(H2,19,20,21). The number of anilines is 2. The molecule has 0 saturated heterocycles. The highest BCUT2D eigenvalue weighted by molar-refractivity contribution is 5.47. The Morgan fingerprint density at radius 1 is 1.19 bits per heavy atom. The highest BCUT2D eigenvalue weighted by atomic mass is 19.1. The van der Waals surface area contributed by atoms with Crippen molar-refractivity contribution in [1.29, 1.82) is 0 Å². The van der Waals surface area contributed by atoms with Crippen LogP contribution in [0.5, 0.6) is 0 Å². The number of aromatic nitrogens is 1. The molecule has 1 aromatic heterocycles. The van der Waals surface area contributed by atoms with E-state index >= 15 is 0 Å². The van der Waals surface area contributed by atoms with Crippen LogP contribution >= 0.6 is 0 Å². The molecule has 1 heterocycles. The van der Waals surface area contributed by atoms with E-state index in [2.05, 4.69) is 22.5 Å². The summed E-state index contributed by atoms with van der Waals surface area (Å²) in [6, 6.07) is 0.885. The van der Waals surface area contributed by atoms with Gasteiger partial charge in [-0.1, -0.05) is 26.2 Å². The average Bonchev–Trinajstić information content (AvgIpc) is 2.44. The molecule has 2 rings (SSSR count). The highest BCUT2D eigenvalue weighted by Crippen LogP contribution is 2.30. The summed E-state index contributed by atoms with van der Waals surface area (Å²) in [7, 11) is 0. The Hall–Kier alpha value is -1.39. The van der Waals surface area contributed by atoms with Gasteiger partial charge in [0.15, 0.2) is 23.3 Å². The van der Waals surface area contributed by atoms with Crippen LogP contribution in [0.4, 0.5) is 20.4 Å². The maximum absolute atomic E-state index is 13.7. The minimum absolute atomic E-state index is 0.104. The molecule has 0 aromatic carbocycles. The predicted octanol–water partition coefficient (Wildman–Crippen LogP) is 4.42. The van der Waals surface area contributed by atoms with Gasteiger partial charge in [-0.05, 0) is 31.6 Å². The number of nitrogens with zero attached hydrogens (tertiary/aromatic N) is 1. The molecule has 3 nitrogen and oxygen atoms in total. The smallest absolute Gasteiger partial charge is 0.168 e. The molecule has 1 aliphatic rings. The third kappa shape index (κ3) is 4.55. The molecule has 2 atom stereocenters. The Morgan fingerprint density at radius 3 is 2.57 bits per heavy atom. The summed E-state index contributed by atoms with van der Waals surface area (Å²) in [5.41, 5.74) is 0. The highest BCUT2D eigenvalue weighted by Gasteiger charge is 2.18. The van der Waals surface area contributed by atoms with Crippen LogP contribution in [-0.4, -0.2) is 18.1 Å². The van der Waals surface area contributed by atoms with E-state index in [1.54, 1.807) is 0 Å². The van der Waals surface area contributed by atoms with Crippen LogP contribution in [0.2, 0.25) is 0 Å². The van der Waals surface area contributed by atoms with Crippen LogP contribution in [0.3, 0.4) is 0 Å². The first-order valence-corrected chi connectivity index (χ1v) is 7.94. The number of nitrogens with one attached hydrogen (secondary N) is 2. The van der Waals surface area contributed by atoms with Crippen molar-refractivity contribution in [1.82, 2.24) is 4.98 Å². The average molecular weight is 297 g/mol. The van der Waals surface area contributed by atoms with E-state index in [4.69, 9.17) is 0 Å². The maximum atomic E-state index is 13.7. The summed E-state index contributed by atoms with van der Waals surface area (Å²) in [5.74, 6) is 0.457. The Bertz CT molecular complexity index is 465. The van der Waals surface area contributed by atoms with Gasteiger partial charge in [0.25, 0.3) is 0 Å². The fraction of sp³-hybridized carbons (Fsp3) is 0.688. The van der Waals surface area contributed by atoms with Gasteiger partial charge in [-0.2, -0.15) is 0 Å². The molecule has 0 spiro atoms. The van der Waals surface area contributed by atoms with Crippen molar-refractivity contribution in [2.24, 2.45) is 11.8 Å². The molecule has 1 fully saturated rings. The van der Waals surface area contributed by atoms with E-state index in [0.717, 1.165) is 18.4 Å². The van der Waals surface area contributed by atoms with Crippen molar-refractivity contribution in [3.05, 3.63) is 17.7 Å². The lowest BCUT2D eigenvalue weighted by Gasteiger charge is -2.26. The normalized spacial score (nSPS) is 22.1. The molecule has 1 aromatic rings. The molecule has 0 bridgehead atoms. The Morgan fingerprint density at radius 2 is 1.90 bits per heavy atom. The van der Waals surface area contributed by atoms with Crippen LogP contribution in [0.25, 0.3) is 0 Å². The van der Waals surface area contributed by atoms with Crippen LogP contribution in [0, 0.1) is 23.5 Å². The number of hydrogen-bond donors (Lipinski definition) is 2. The first-order chi connectivity index (χ1) is 10.1. The van der Waals surface area contributed by atoms with Crippen LogP contribution in [0.15, 0.2) is 6.07 Å². The molecule has 21 heavy (non-hydrogen) atoms. The van der Waals surface area contributed by atoms with Crippen LogP contribution in [-0.2, 0) is 0 Å². The van der Waals surface area contributed by atoms with Gasteiger partial charge in [0, 0.05) is 19.2 Å². The van der Waals surface area contributed by atoms with E-state index in [-0.39, 0.29) is 11.6 Å². The summed E-state index contributed by atoms with van der Waals surface area (Å²) in [6.45, 7) is 5.37. The molecule has 5 heteroatoms. The second-order valence-corrected chi connectivity index (χ2v) is 6.03. The molecular weight excluding hydrogens is 272 g/mol. The van der Waals surface area contributed by atoms with E-state index in [1.807, 2.05) is 6.92 Å². The molecule has 2 N–H and O–H groups in total. The van der Waals surface area contributed by atoms with Gasteiger partial charge in [-0.3, -0.25) is 0 Å². The number of pyridine rings is 1. The van der Waals surface area contributed by atoms with Crippen molar-refractivity contribution in [3.63, 3.8) is 0 Å². The number of hydrogen-bond acceptors (Lipinski definition) is 3. The molecule has 2 unspecified atom stereocenters. The largest absolute Gasteiger partial charge is 0.368 e. The molecule has 1 saturated carbocycles. The molecule has 0 radical (unpaired) electrons. The van der Waals surface area contributed by atoms with E-state index in [9.17, 15) is 8.78 Å². The summed E-state index contributed by atoms with van der Waals surface area (Å²) >= 11 is 0. The Balaban J connectivity index is 1.88. The predicted molar refractivity (Wildman–Crippen MR) is 82.5 cm³/mol. The minimum atomic E-state index is -0.652. The van der Waals surface area contributed by atoms with Gasteiger partial charge >= 0.3 is 0 Å². The topological polar surface area (TPSA) is 37.0 Å². The Labute approximate surface area is 125 Å². The van der Waals surface area contributed by atoms with Crippen LogP contribution < -0.4 is 10.6 Å². The zero-order chi connectivity index (χ0) is 15.2. The fourth-order valence-electron chi connectivity index (χ4n) is 3.10. The lowest BCUT2D eigenvalue weighted by atomic mass is 9.81. The van der Waals surface area contributed by atoms with Gasteiger partial charge in [0.05, 0.1) is 0 Å². The maximum Gasteiger partial charge on any atom is 0.168 e. The zero-order valence-electron chi connectivity index (χ0n) is 12.9. The van der Waals surface area contributed by atoms with Crippen LogP contribution in [0.1, 0.15) is 46.0 Å². The first-order valence-electron chi connectivity index (χ1n) is 7.94. The summed E-state index contributed by atoms with van der Waals surface area (Å²) < 4.78 is 27.2. The number of rotatable bonds is 6. The van der Waals surface area contributed by atoms with E-state index < -0.39 is 11.6 Å². The lowest BCUT2D eigenvalue weighted by Crippen LogP contribution is -2.17. The molecule has 118 valence electrons. The van der Waals surface area contributed by atoms with Gasteiger partial charge in [-0.25, -0.2) is 13.8 Å². The summed E-state index contributed by atoms with van der Waals surface area (Å²) in [4.78, 5) is 3.99. The first kappa shape index (κ1) is 16.0. The molecule has 0 amide bonds. The van der Waals surface area contributed by atoms with Crippen molar-refractivity contribution in [2.45, 2.75) is 46.0 Å². The van der Waals surface area contributed by atoms with Crippen molar-refractivity contribution < 1.29 is 8.78 Å². The summed E-state index contributed by atoms with van der Waals surface area (Å²) in [5, 5.41) is 5.80. The Kier molecular flexibility index (Phi) is 5.76. The third-order valence-corrected chi connectivity index (χ3v) is 4.16. The molecular formula is C16H25F2N3. The lowest BCUT2D eigenvalue weighted by molar-refractivity contribution is 0.274. The summed E-state index contributed by atoms with van der Waals surface area (Å²) in [6.07, 6.45) is 6.14. The molecule has 0 aliphatic heterocycles. The van der Waals surface area contributed by atoms with Gasteiger partial charge in [0.1, 0.15) is 0 Å². The number of halogens is 2. The SMILES string of the molecule is CCNc1nc(NCCC2CCCC(C)C2)c(F)cc1F. The van der Waals surface area contributed by atoms with E-state index in [0.29, 0.717) is 19.0 Å².